The van der Waals surface area contributed by atoms with Gasteiger partial charge in [0.1, 0.15) is 5.76 Å². The van der Waals surface area contributed by atoms with Crippen LogP contribution in [0.3, 0.4) is 0 Å². The molecule has 5 aromatic rings. The Morgan fingerprint density at radius 1 is 1.14 bits per heavy atom. The SMILES string of the molecule is Cc1noc(C)c1-c1ccc2c(c1)ncc1[nH]c(=O)n(-c3ccc(C#N)cc3)c12. The van der Waals surface area contributed by atoms with Gasteiger partial charge in [-0.25, -0.2) is 4.79 Å². The van der Waals surface area contributed by atoms with E-state index in [1.54, 1.807) is 35.0 Å². The summed E-state index contributed by atoms with van der Waals surface area (Å²) < 4.78 is 6.89. The van der Waals surface area contributed by atoms with Crippen LogP contribution in [0.2, 0.25) is 0 Å². The van der Waals surface area contributed by atoms with E-state index in [9.17, 15) is 4.79 Å². The number of aryl methyl sites for hydroxylation is 2. The lowest BCUT2D eigenvalue weighted by Crippen LogP contribution is -2.14. The molecule has 0 aliphatic carbocycles. The summed E-state index contributed by atoms with van der Waals surface area (Å²) in [5.41, 5.74) is 5.85. The fraction of sp³-hybridized carbons (Fsp3) is 0.0909. The molecule has 29 heavy (non-hydrogen) atoms. The first-order chi connectivity index (χ1) is 14.1. The summed E-state index contributed by atoms with van der Waals surface area (Å²) in [5.74, 6) is 0.749. The molecule has 0 unspecified atom stereocenters. The maximum atomic E-state index is 12.7. The lowest BCUT2D eigenvalue weighted by Gasteiger charge is -2.08. The van der Waals surface area contributed by atoms with Crippen LogP contribution in [0.15, 0.2) is 58.0 Å². The van der Waals surface area contributed by atoms with Gasteiger partial charge in [0.25, 0.3) is 0 Å². The standard InChI is InChI=1S/C22H15N5O2/c1-12-20(13(2)29-26-12)15-5-8-17-18(9-15)24-11-19-21(17)27(22(28)25-19)16-6-3-14(10-23)4-7-16/h3-9,11H,1-2H3,(H,25,28). The molecule has 140 valence electrons. The first-order valence-electron chi connectivity index (χ1n) is 9.04. The summed E-state index contributed by atoms with van der Waals surface area (Å²) in [6, 6.07) is 14.9. The highest BCUT2D eigenvalue weighted by molar-refractivity contribution is 6.04. The van der Waals surface area contributed by atoms with Crippen LogP contribution in [0, 0.1) is 25.2 Å². The maximum absolute atomic E-state index is 12.7. The Morgan fingerprint density at radius 3 is 2.62 bits per heavy atom. The van der Waals surface area contributed by atoms with Crippen molar-refractivity contribution in [2.75, 3.05) is 0 Å². The monoisotopic (exact) mass is 381 g/mol. The predicted molar refractivity (Wildman–Crippen MR) is 109 cm³/mol. The van der Waals surface area contributed by atoms with Crippen molar-refractivity contribution < 1.29 is 4.52 Å². The molecule has 5 rings (SSSR count). The average molecular weight is 381 g/mol. The van der Waals surface area contributed by atoms with Gasteiger partial charge in [0.15, 0.2) is 0 Å². The number of benzene rings is 2. The zero-order chi connectivity index (χ0) is 20.1. The third-order valence-electron chi connectivity index (χ3n) is 5.09. The van der Waals surface area contributed by atoms with Gasteiger partial charge >= 0.3 is 5.69 Å². The van der Waals surface area contributed by atoms with E-state index in [-0.39, 0.29) is 5.69 Å². The zero-order valence-electron chi connectivity index (χ0n) is 15.7. The molecule has 0 fully saturated rings. The molecular weight excluding hydrogens is 366 g/mol. The Morgan fingerprint density at radius 2 is 1.93 bits per heavy atom. The van der Waals surface area contributed by atoms with Crippen molar-refractivity contribution in [1.29, 1.82) is 5.26 Å². The van der Waals surface area contributed by atoms with E-state index in [1.165, 1.54) is 0 Å². The fourth-order valence-electron chi connectivity index (χ4n) is 3.77. The number of imidazole rings is 1. The number of pyridine rings is 1. The zero-order valence-corrected chi connectivity index (χ0v) is 15.7. The molecule has 0 bridgehead atoms. The first kappa shape index (κ1) is 17.0. The van der Waals surface area contributed by atoms with Crippen molar-refractivity contribution in [2.24, 2.45) is 0 Å². The smallest absolute Gasteiger partial charge is 0.331 e. The molecule has 1 N–H and O–H groups in total. The van der Waals surface area contributed by atoms with Crippen LogP contribution in [0.4, 0.5) is 0 Å². The van der Waals surface area contributed by atoms with E-state index >= 15 is 0 Å². The number of fused-ring (bicyclic) bond motifs is 3. The second-order valence-electron chi connectivity index (χ2n) is 6.88. The van der Waals surface area contributed by atoms with Crippen molar-refractivity contribution in [1.82, 2.24) is 19.7 Å². The van der Waals surface area contributed by atoms with Crippen molar-refractivity contribution in [2.45, 2.75) is 13.8 Å². The van der Waals surface area contributed by atoms with Gasteiger partial charge in [0.05, 0.1) is 45.8 Å². The van der Waals surface area contributed by atoms with Crippen LogP contribution < -0.4 is 5.69 Å². The first-order valence-corrected chi connectivity index (χ1v) is 9.04. The number of nitrogens with zero attached hydrogens (tertiary/aromatic N) is 4. The van der Waals surface area contributed by atoms with Crippen molar-refractivity contribution in [3.8, 4) is 22.9 Å². The molecule has 3 heterocycles. The highest BCUT2D eigenvalue weighted by atomic mass is 16.5. The molecule has 0 amide bonds. The number of nitrogens with one attached hydrogen (secondary N) is 1. The van der Waals surface area contributed by atoms with E-state index in [0.717, 1.165) is 39.0 Å². The Bertz CT molecular complexity index is 1480. The normalized spacial score (nSPS) is 11.2. The lowest BCUT2D eigenvalue weighted by atomic mass is 10.0. The van der Waals surface area contributed by atoms with Crippen LogP contribution >= 0.6 is 0 Å². The summed E-state index contributed by atoms with van der Waals surface area (Å²) >= 11 is 0. The van der Waals surface area contributed by atoms with Gasteiger partial charge in [-0.15, -0.1) is 0 Å². The lowest BCUT2D eigenvalue weighted by molar-refractivity contribution is 0.393. The number of hydrogen-bond acceptors (Lipinski definition) is 5. The fourth-order valence-corrected chi connectivity index (χ4v) is 3.77. The quantitative estimate of drug-likeness (QED) is 0.498. The third-order valence-corrected chi connectivity index (χ3v) is 5.09. The van der Waals surface area contributed by atoms with Crippen molar-refractivity contribution in [3.63, 3.8) is 0 Å². The summed E-state index contributed by atoms with van der Waals surface area (Å²) in [6.07, 6.45) is 1.66. The van der Waals surface area contributed by atoms with Crippen LogP contribution in [-0.4, -0.2) is 19.7 Å². The number of nitriles is 1. The van der Waals surface area contributed by atoms with E-state index < -0.39 is 0 Å². The molecule has 2 aromatic carbocycles. The average Bonchev–Trinajstić information content (AvgIpc) is 3.25. The minimum atomic E-state index is -0.256. The van der Waals surface area contributed by atoms with Crippen LogP contribution in [0.25, 0.3) is 38.8 Å². The Labute approximate surface area is 164 Å². The minimum absolute atomic E-state index is 0.256. The summed E-state index contributed by atoms with van der Waals surface area (Å²) in [7, 11) is 0. The van der Waals surface area contributed by atoms with E-state index in [4.69, 9.17) is 9.78 Å². The van der Waals surface area contributed by atoms with E-state index in [2.05, 4.69) is 21.2 Å². The molecule has 0 aliphatic heterocycles. The molecule has 7 heteroatoms. The molecule has 7 nitrogen and oxygen atoms in total. The largest absolute Gasteiger partial charge is 0.361 e. The Kier molecular flexibility index (Phi) is 3.61. The Balaban J connectivity index is 1.78. The van der Waals surface area contributed by atoms with Crippen LogP contribution in [0.1, 0.15) is 17.0 Å². The van der Waals surface area contributed by atoms with Gasteiger partial charge in [-0.05, 0) is 55.8 Å². The van der Waals surface area contributed by atoms with Crippen LogP contribution in [0.5, 0.6) is 0 Å². The van der Waals surface area contributed by atoms with E-state index in [0.29, 0.717) is 16.8 Å². The molecule has 0 atom stereocenters. The summed E-state index contributed by atoms with van der Waals surface area (Å²) in [6.45, 7) is 3.78. The number of H-pyrrole nitrogens is 1. The number of rotatable bonds is 2. The van der Waals surface area contributed by atoms with Gasteiger partial charge in [-0.3, -0.25) is 9.55 Å². The third kappa shape index (κ3) is 2.54. The second-order valence-corrected chi connectivity index (χ2v) is 6.88. The van der Waals surface area contributed by atoms with Crippen LogP contribution in [-0.2, 0) is 0 Å². The number of aromatic amines is 1. The van der Waals surface area contributed by atoms with Gasteiger partial charge in [0, 0.05) is 10.9 Å². The highest BCUT2D eigenvalue weighted by Crippen LogP contribution is 2.31. The minimum Gasteiger partial charge on any atom is -0.361 e. The molecular formula is C22H15N5O2. The molecule has 0 saturated heterocycles. The van der Waals surface area contributed by atoms with Gasteiger partial charge < -0.3 is 9.51 Å². The number of hydrogen-bond donors (Lipinski definition) is 1. The highest BCUT2D eigenvalue weighted by Gasteiger charge is 2.16. The molecule has 0 aliphatic rings. The Hall–Kier alpha value is -4.18. The summed E-state index contributed by atoms with van der Waals surface area (Å²) in [4.78, 5) is 20.1. The number of aromatic nitrogens is 4. The second kappa shape index (κ2) is 6.17. The predicted octanol–water partition coefficient (Wildman–Crippen LogP) is 4.01. The molecule has 3 aromatic heterocycles. The molecule has 0 spiro atoms. The van der Waals surface area contributed by atoms with Crippen molar-refractivity contribution >= 4 is 21.9 Å². The molecule has 0 radical (unpaired) electrons. The maximum Gasteiger partial charge on any atom is 0.331 e. The van der Waals surface area contributed by atoms with Gasteiger partial charge in [0.2, 0.25) is 0 Å². The summed E-state index contributed by atoms with van der Waals surface area (Å²) in [5, 5.41) is 13.9. The van der Waals surface area contributed by atoms with Gasteiger partial charge in [-0.2, -0.15) is 5.26 Å². The van der Waals surface area contributed by atoms with Crippen molar-refractivity contribution in [3.05, 3.63) is 76.2 Å². The topological polar surface area (TPSA) is 100 Å². The van der Waals surface area contributed by atoms with E-state index in [1.807, 2.05) is 32.0 Å². The van der Waals surface area contributed by atoms with Gasteiger partial charge in [-0.1, -0.05) is 11.2 Å². The molecule has 0 saturated carbocycles.